The highest BCUT2D eigenvalue weighted by molar-refractivity contribution is 9.10. The topological polar surface area (TPSA) is 32.8 Å². The quantitative estimate of drug-likeness (QED) is 0.760. The van der Waals surface area contributed by atoms with Crippen molar-refractivity contribution in [3.05, 3.63) is 28.7 Å². The van der Waals surface area contributed by atoms with Crippen LogP contribution in [0, 0.1) is 0 Å². The van der Waals surface area contributed by atoms with Gasteiger partial charge in [-0.05, 0) is 45.0 Å². The Balaban J connectivity index is 2.12. The van der Waals surface area contributed by atoms with Crippen molar-refractivity contribution in [2.45, 2.75) is 38.8 Å². The van der Waals surface area contributed by atoms with Gasteiger partial charge in [0.15, 0.2) is 0 Å². The van der Waals surface area contributed by atoms with Crippen LogP contribution >= 0.6 is 15.9 Å². The van der Waals surface area contributed by atoms with Gasteiger partial charge >= 0.3 is 6.09 Å². The third-order valence-corrected chi connectivity index (χ3v) is 4.05. The molecule has 1 amide bonds. The van der Waals surface area contributed by atoms with Crippen molar-refractivity contribution in [3.8, 4) is 0 Å². The summed E-state index contributed by atoms with van der Waals surface area (Å²) in [4.78, 5) is 15.1. The first-order chi connectivity index (χ1) is 10.7. The van der Waals surface area contributed by atoms with Crippen LogP contribution in [0.15, 0.2) is 28.7 Å². The SMILES string of the molecule is CC(C)(C)OC(=O)N1CCN(c2ccc(Br)cc2)C(C(F)F)C1. The fourth-order valence-electron chi connectivity index (χ4n) is 2.47. The van der Waals surface area contributed by atoms with Gasteiger partial charge in [-0.15, -0.1) is 0 Å². The van der Waals surface area contributed by atoms with Crippen LogP contribution in [-0.4, -0.2) is 48.7 Å². The van der Waals surface area contributed by atoms with Gasteiger partial charge < -0.3 is 14.5 Å². The second-order valence-corrected chi connectivity index (χ2v) is 7.41. The Morgan fingerprint density at radius 1 is 1.26 bits per heavy atom. The number of carbonyl (C=O) groups excluding carboxylic acids is 1. The lowest BCUT2D eigenvalue weighted by atomic mass is 10.1. The van der Waals surface area contributed by atoms with Crippen LogP contribution in [0.2, 0.25) is 0 Å². The molecule has 0 radical (unpaired) electrons. The molecule has 4 nitrogen and oxygen atoms in total. The van der Waals surface area contributed by atoms with Crippen LogP contribution in [0.3, 0.4) is 0 Å². The Morgan fingerprint density at radius 2 is 1.87 bits per heavy atom. The number of benzene rings is 1. The van der Waals surface area contributed by atoms with Crippen LogP contribution in [0.25, 0.3) is 0 Å². The fourth-order valence-corrected chi connectivity index (χ4v) is 2.74. The molecule has 0 aliphatic carbocycles. The van der Waals surface area contributed by atoms with Crippen LogP contribution in [0.5, 0.6) is 0 Å². The molecule has 1 fully saturated rings. The second-order valence-electron chi connectivity index (χ2n) is 6.50. The van der Waals surface area contributed by atoms with E-state index >= 15 is 0 Å². The first kappa shape index (κ1) is 18.0. The number of alkyl halides is 2. The Hall–Kier alpha value is -1.37. The summed E-state index contributed by atoms with van der Waals surface area (Å²) in [7, 11) is 0. The number of rotatable bonds is 2. The lowest BCUT2D eigenvalue weighted by Crippen LogP contribution is -2.58. The summed E-state index contributed by atoms with van der Waals surface area (Å²) in [5.41, 5.74) is 0.0857. The number of amides is 1. The molecule has 1 saturated heterocycles. The number of ether oxygens (including phenoxy) is 1. The Labute approximate surface area is 143 Å². The minimum Gasteiger partial charge on any atom is -0.444 e. The fraction of sp³-hybridized carbons (Fsp3) is 0.562. The average molecular weight is 391 g/mol. The molecule has 2 rings (SSSR count). The highest BCUT2D eigenvalue weighted by Gasteiger charge is 2.36. The third kappa shape index (κ3) is 4.80. The third-order valence-electron chi connectivity index (χ3n) is 3.52. The Morgan fingerprint density at radius 3 is 2.39 bits per heavy atom. The van der Waals surface area contributed by atoms with E-state index in [1.165, 1.54) is 4.90 Å². The monoisotopic (exact) mass is 390 g/mol. The van der Waals surface area contributed by atoms with E-state index in [1.54, 1.807) is 37.8 Å². The molecule has 1 heterocycles. The Bertz CT molecular complexity index is 546. The molecule has 0 spiro atoms. The molecule has 128 valence electrons. The van der Waals surface area contributed by atoms with Crippen molar-refractivity contribution >= 4 is 27.7 Å². The van der Waals surface area contributed by atoms with Crippen molar-refractivity contribution in [1.82, 2.24) is 4.90 Å². The molecule has 0 N–H and O–H groups in total. The number of nitrogens with zero attached hydrogens (tertiary/aromatic N) is 2. The highest BCUT2D eigenvalue weighted by Crippen LogP contribution is 2.26. The van der Waals surface area contributed by atoms with E-state index in [4.69, 9.17) is 4.74 Å². The van der Waals surface area contributed by atoms with Gasteiger partial charge in [-0.2, -0.15) is 0 Å². The van der Waals surface area contributed by atoms with Gasteiger partial charge in [0, 0.05) is 29.8 Å². The molecule has 1 atom stereocenters. The first-order valence-corrected chi connectivity index (χ1v) is 8.25. The minimum atomic E-state index is -2.55. The zero-order chi connectivity index (χ0) is 17.2. The standard InChI is InChI=1S/C16H21BrF2N2O2/c1-16(2,3)23-15(22)20-8-9-21(13(10-20)14(18)19)12-6-4-11(17)5-7-12/h4-7,13-14H,8-10H2,1-3H3. The molecule has 1 unspecified atom stereocenters. The summed E-state index contributed by atoms with van der Waals surface area (Å²) in [6.07, 6.45) is -3.09. The van der Waals surface area contributed by atoms with Crippen LogP contribution < -0.4 is 4.90 Å². The van der Waals surface area contributed by atoms with Gasteiger partial charge in [-0.25, -0.2) is 13.6 Å². The number of hydrogen-bond donors (Lipinski definition) is 0. The summed E-state index contributed by atoms with van der Waals surface area (Å²) >= 11 is 3.33. The molecule has 1 aliphatic rings. The molecular formula is C16H21BrF2N2O2. The molecular weight excluding hydrogens is 370 g/mol. The van der Waals surface area contributed by atoms with Crippen molar-refractivity contribution in [2.24, 2.45) is 0 Å². The molecule has 23 heavy (non-hydrogen) atoms. The Kier molecular flexibility index (Phi) is 5.49. The summed E-state index contributed by atoms with van der Waals surface area (Å²) in [6, 6.07) is 6.18. The largest absolute Gasteiger partial charge is 0.444 e. The lowest BCUT2D eigenvalue weighted by molar-refractivity contribution is 0.0121. The number of piperazine rings is 1. The van der Waals surface area contributed by atoms with Gasteiger partial charge in [0.1, 0.15) is 11.6 Å². The second kappa shape index (κ2) is 7.03. The van der Waals surface area contributed by atoms with Gasteiger partial charge in [0.05, 0.1) is 0 Å². The van der Waals surface area contributed by atoms with E-state index in [0.29, 0.717) is 13.1 Å². The normalized spacial score (nSPS) is 19.2. The number of anilines is 1. The maximum absolute atomic E-state index is 13.5. The van der Waals surface area contributed by atoms with Crippen molar-refractivity contribution < 1.29 is 18.3 Å². The molecule has 7 heteroatoms. The summed E-state index contributed by atoms with van der Waals surface area (Å²) < 4.78 is 33.1. The van der Waals surface area contributed by atoms with Gasteiger partial charge in [-0.3, -0.25) is 0 Å². The number of hydrogen-bond acceptors (Lipinski definition) is 3. The maximum Gasteiger partial charge on any atom is 0.410 e. The zero-order valence-electron chi connectivity index (χ0n) is 13.4. The van der Waals surface area contributed by atoms with E-state index in [9.17, 15) is 13.6 Å². The van der Waals surface area contributed by atoms with E-state index in [0.717, 1.165) is 10.2 Å². The van der Waals surface area contributed by atoms with E-state index in [2.05, 4.69) is 15.9 Å². The zero-order valence-corrected chi connectivity index (χ0v) is 15.0. The summed E-state index contributed by atoms with van der Waals surface area (Å²) in [6.45, 7) is 5.92. The van der Waals surface area contributed by atoms with E-state index in [-0.39, 0.29) is 6.54 Å². The van der Waals surface area contributed by atoms with Gasteiger partial charge in [0.2, 0.25) is 0 Å². The summed E-state index contributed by atoms with van der Waals surface area (Å²) in [5.74, 6) is 0. The summed E-state index contributed by atoms with van der Waals surface area (Å²) in [5, 5.41) is 0. The van der Waals surface area contributed by atoms with Crippen molar-refractivity contribution in [3.63, 3.8) is 0 Å². The van der Waals surface area contributed by atoms with E-state index in [1.807, 2.05) is 12.1 Å². The predicted molar refractivity (Wildman–Crippen MR) is 89.1 cm³/mol. The highest BCUT2D eigenvalue weighted by atomic mass is 79.9. The van der Waals surface area contributed by atoms with Crippen molar-refractivity contribution in [2.75, 3.05) is 24.5 Å². The smallest absolute Gasteiger partial charge is 0.410 e. The van der Waals surface area contributed by atoms with Crippen LogP contribution in [0.1, 0.15) is 20.8 Å². The predicted octanol–water partition coefficient (Wildman–Crippen LogP) is 4.14. The number of halogens is 3. The molecule has 0 aromatic heterocycles. The van der Waals surface area contributed by atoms with Gasteiger partial charge in [-0.1, -0.05) is 15.9 Å². The minimum absolute atomic E-state index is 0.0529. The number of carbonyl (C=O) groups is 1. The molecule has 1 aliphatic heterocycles. The lowest BCUT2D eigenvalue weighted by Gasteiger charge is -2.42. The van der Waals surface area contributed by atoms with Crippen molar-refractivity contribution in [1.29, 1.82) is 0 Å². The van der Waals surface area contributed by atoms with Crippen LogP contribution in [-0.2, 0) is 4.74 Å². The average Bonchev–Trinajstić information content (AvgIpc) is 2.45. The van der Waals surface area contributed by atoms with Gasteiger partial charge in [0.25, 0.3) is 6.43 Å². The maximum atomic E-state index is 13.5. The van der Waals surface area contributed by atoms with E-state index < -0.39 is 24.2 Å². The van der Waals surface area contributed by atoms with Crippen LogP contribution in [0.4, 0.5) is 19.3 Å². The molecule has 0 bridgehead atoms. The molecule has 0 saturated carbocycles. The molecule has 1 aromatic carbocycles. The first-order valence-electron chi connectivity index (χ1n) is 7.45. The molecule has 1 aromatic rings.